The summed E-state index contributed by atoms with van der Waals surface area (Å²) in [6.45, 7) is 13.3. The molecule has 0 rings (SSSR count). The highest BCUT2D eigenvalue weighted by Crippen LogP contribution is 2.10. The molecule has 0 saturated heterocycles. The first-order valence-electron chi connectivity index (χ1n) is 6.24. The van der Waals surface area contributed by atoms with Gasteiger partial charge in [0.25, 0.3) is 0 Å². The van der Waals surface area contributed by atoms with Gasteiger partial charge in [-0.1, -0.05) is 56.7 Å². The Morgan fingerprint density at radius 2 is 1.88 bits per heavy atom. The molecule has 1 heteroatoms. The van der Waals surface area contributed by atoms with Crippen LogP contribution in [0.2, 0.25) is 0 Å². The topological polar surface area (TPSA) is 17.1 Å². The molecular formula is C16H24O. The number of Topliss-reactive ketones (excluding diaryl/α,β-unsaturated/α-hetero) is 1. The molecule has 0 spiro atoms. The zero-order valence-corrected chi connectivity index (χ0v) is 11.4. The Balaban J connectivity index is 4.41. The Morgan fingerprint density at radius 1 is 1.24 bits per heavy atom. The van der Waals surface area contributed by atoms with Gasteiger partial charge in [-0.3, -0.25) is 4.79 Å². The molecule has 0 aromatic rings. The van der Waals surface area contributed by atoms with Crippen LogP contribution in [-0.2, 0) is 4.79 Å². The quantitative estimate of drug-likeness (QED) is 0.334. The maximum atomic E-state index is 11.7. The van der Waals surface area contributed by atoms with E-state index >= 15 is 0 Å². The van der Waals surface area contributed by atoms with Crippen molar-refractivity contribution in [3.63, 3.8) is 0 Å². The van der Waals surface area contributed by atoms with Crippen LogP contribution >= 0.6 is 0 Å². The number of carbonyl (C=O) groups is 1. The second-order valence-electron chi connectivity index (χ2n) is 4.33. The lowest BCUT2D eigenvalue weighted by molar-refractivity contribution is -0.111. The smallest absolute Gasteiger partial charge is 0.188 e. The fourth-order valence-electron chi connectivity index (χ4n) is 1.54. The Hall–Kier alpha value is -1.37. The van der Waals surface area contributed by atoms with Crippen molar-refractivity contribution in [2.24, 2.45) is 0 Å². The summed E-state index contributed by atoms with van der Waals surface area (Å²) >= 11 is 0. The van der Waals surface area contributed by atoms with Crippen LogP contribution in [0.25, 0.3) is 0 Å². The van der Waals surface area contributed by atoms with E-state index in [1.54, 1.807) is 0 Å². The van der Waals surface area contributed by atoms with Gasteiger partial charge in [-0.25, -0.2) is 0 Å². The summed E-state index contributed by atoms with van der Waals surface area (Å²) in [5.74, 6) is -0.0266. The molecule has 17 heavy (non-hydrogen) atoms. The van der Waals surface area contributed by atoms with Crippen molar-refractivity contribution in [2.45, 2.75) is 46.5 Å². The van der Waals surface area contributed by atoms with Crippen molar-refractivity contribution in [3.05, 3.63) is 48.1 Å². The fraction of sp³-hybridized carbons (Fsp3) is 0.438. The van der Waals surface area contributed by atoms with Gasteiger partial charge in [0.1, 0.15) is 0 Å². The number of allylic oxidation sites excluding steroid dienone is 6. The minimum absolute atomic E-state index is 0.0266. The predicted octanol–water partition coefficient (Wildman–Crippen LogP) is 4.77. The lowest BCUT2D eigenvalue weighted by Gasteiger charge is -2.01. The average Bonchev–Trinajstić information content (AvgIpc) is 2.32. The van der Waals surface area contributed by atoms with E-state index in [1.807, 2.05) is 19.9 Å². The highest BCUT2D eigenvalue weighted by atomic mass is 16.1. The van der Waals surface area contributed by atoms with E-state index in [2.05, 4.69) is 26.2 Å². The number of rotatable bonds is 8. The van der Waals surface area contributed by atoms with Gasteiger partial charge in [0.05, 0.1) is 0 Å². The molecule has 0 saturated carbocycles. The van der Waals surface area contributed by atoms with Crippen molar-refractivity contribution < 1.29 is 4.79 Å². The number of carbonyl (C=O) groups excluding carboxylic acids is 1. The largest absolute Gasteiger partial charge is 0.289 e. The van der Waals surface area contributed by atoms with E-state index in [0.29, 0.717) is 5.57 Å². The van der Waals surface area contributed by atoms with Crippen LogP contribution in [0.3, 0.4) is 0 Å². The normalized spacial score (nSPS) is 12.4. The fourth-order valence-corrected chi connectivity index (χ4v) is 1.54. The maximum Gasteiger partial charge on any atom is 0.188 e. The first-order valence-corrected chi connectivity index (χ1v) is 6.24. The van der Waals surface area contributed by atoms with E-state index in [1.165, 1.54) is 25.3 Å². The van der Waals surface area contributed by atoms with E-state index in [-0.39, 0.29) is 5.78 Å². The van der Waals surface area contributed by atoms with Gasteiger partial charge in [-0.05, 0) is 32.3 Å². The van der Waals surface area contributed by atoms with E-state index in [4.69, 9.17) is 0 Å². The van der Waals surface area contributed by atoms with Crippen molar-refractivity contribution >= 4 is 5.78 Å². The van der Waals surface area contributed by atoms with Crippen molar-refractivity contribution in [2.75, 3.05) is 0 Å². The maximum absolute atomic E-state index is 11.7. The van der Waals surface area contributed by atoms with Crippen molar-refractivity contribution in [3.8, 4) is 0 Å². The summed E-state index contributed by atoms with van der Waals surface area (Å²) in [4.78, 5) is 11.7. The standard InChI is InChI=1S/C16H24O/c1-6-8-9-10-11-13(3)12-15(5)16(17)14(4)7-2/h7,11-12H,2,4,6,8-10H2,1,3,5H3. The predicted molar refractivity (Wildman–Crippen MR) is 76.0 cm³/mol. The molecule has 0 aromatic carbocycles. The summed E-state index contributed by atoms with van der Waals surface area (Å²) in [6, 6.07) is 0. The third-order valence-corrected chi connectivity index (χ3v) is 2.61. The molecule has 0 aliphatic heterocycles. The minimum atomic E-state index is -0.0266. The molecule has 0 aromatic heterocycles. The number of unbranched alkanes of at least 4 members (excludes halogenated alkanes) is 3. The molecule has 0 amide bonds. The van der Waals surface area contributed by atoms with Crippen molar-refractivity contribution in [1.82, 2.24) is 0 Å². The Labute approximate surface area is 106 Å². The monoisotopic (exact) mass is 232 g/mol. The lowest BCUT2D eigenvalue weighted by atomic mass is 10.0. The molecule has 0 heterocycles. The number of hydrogen-bond acceptors (Lipinski definition) is 1. The first kappa shape index (κ1) is 15.6. The molecule has 0 aliphatic rings. The second kappa shape index (κ2) is 8.74. The number of hydrogen-bond donors (Lipinski definition) is 0. The van der Waals surface area contributed by atoms with Gasteiger partial charge in [-0.2, -0.15) is 0 Å². The van der Waals surface area contributed by atoms with Crippen LogP contribution in [0, 0.1) is 0 Å². The summed E-state index contributed by atoms with van der Waals surface area (Å²) in [5, 5.41) is 0. The number of ketones is 1. The Morgan fingerprint density at radius 3 is 2.41 bits per heavy atom. The molecule has 0 unspecified atom stereocenters. The zero-order valence-electron chi connectivity index (χ0n) is 11.4. The molecule has 0 N–H and O–H groups in total. The lowest BCUT2D eigenvalue weighted by Crippen LogP contribution is -2.00. The molecule has 94 valence electrons. The van der Waals surface area contributed by atoms with Crippen LogP contribution in [0.4, 0.5) is 0 Å². The van der Waals surface area contributed by atoms with Gasteiger partial charge in [0.15, 0.2) is 5.78 Å². The van der Waals surface area contributed by atoms with Crippen LogP contribution < -0.4 is 0 Å². The molecule has 0 atom stereocenters. The minimum Gasteiger partial charge on any atom is -0.289 e. The third-order valence-electron chi connectivity index (χ3n) is 2.61. The van der Waals surface area contributed by atoms with Gasteiger partial charge < -0.3 is 0 Å². The molecule has 0 fully saturated rings. The molecule has 0 bridgehead atoms. The first-order chi connectivity index (χ1) is 8.02. The van der Waals surface area contributed by atoms with Crippen LogP contribution in [0.5, 0.6) is 0 Å². The van der Waals surface area contributed by atoms with E-state index in [9.17, 15) is 4.79 Å². The zero-order chi connectivity index (χ0) is 13.3. The summed E-state index contributed by atoms with van der Waals surface area (Å²) < 4.78 is 0. The molecule has 0 aliphatic carbocycles. The van der Waals surface area contributed by atoms with Crippen molar-refractivity contribution in [1.29, 1.82) is 0 Å². The van der Waals surface area contributed by atoms with E-state index < -0.39 is 0 Å². The average molecular weight is 232 g/mol. The van der Waals surface area contributed by atoms with Crippen LogP contribution in [-0.4, -0.2) is 5.78 Å². The van der Waals surface area contributed by atoms with Gasteiger partial charge in [0.2, 0.25) is 0 Å². The molecular weight excluding hydrogens is 208 g/mol. The summed E-state index contributed by atoms with van der Waals surface area (Å²) in [7, 11) is 0. The van der Waals surface area contributed by atoms with Gasteiger partial charge in [0, 0.05) is 5.57 Å². The van der Waals surface area contributed by atoms with Gasteiger partial charge >= 0.3 is 0 Å². The van der Waals surface area contributed by atoms with Crippen LogP contribution in [0.15, 0.2) is 48.1 Å². The van der Waals surface area contributed by atoms with E-state index in [0.717, 1.165) is 17.6 Å². The summed E-state index contributed by atoms with van der Waals surface area (Å²) in [5.41, 5.74) is 2.32. The SMILES string of the molecule is C=CC(=C)C(=O)C(C)=CC(C)=CCCCCC. The Bertz CT molecular complexity index is 343. The molecule has 0 radical (unpaired) electrons. The third kappa shape index (κ3) is 6.72. The van der Waals surface area contributed by atoms with Gasteiger partial charge in [-0.15, -0.1) is 0 Å². The molecule has 1 nitrogen and oxygen atoms in total. The van der Waals surface area contributed by atoms with Crippen LogP contribution in [0.1, 0.15) is 46.5 Å². The highest BCUT2D eigenvalue weighted by molar-refractivity contribution is 6.09. The highest BCUT2D eigenvalue weighted by Gasteiger charge is 2.05. The Kier molecular flexibility index (Phi) is 8.04. The second-order valence-corrected chi connectivity index (χ2v) is 4.33. The summed E-state index contributed by atoms with van der Waals surface area (Å²) in [6.07, 6.45) is 10.4.